The molecule has 0 aliphatic rings. The first-order valence-corrected chi connectivity index (χ1v) is 5.84. The molecule has 2 rings (SSSR count). The van der Waals surface area contributed by atoms with Crippen LogP contribution in [0.5, 0.6) is 11.6 Å². The number of carbonyl (C=O) groups is 1. The zero-order valence-corrected chi connectivity index (χ0v) is 10.5. The molecule has 0 atom stereocenters. The lowest BCUT2D eigenvalue weighted by Crippen LogP contribution is -2.23. The van der Waals surface area contributed by atoms with Gasteiger partial charge in [0.05, 0.1) is 0 Å². The van der Waals surface area contributed by atoms with Crippen molar-refractivity contribution in [2.24, 2.45) is 0 Å². The van der Waals surface area contributed by atoms with Gasteiger partial charge < -0.3 is 15.8 Å². The number of hydrogen-bond acceptors (Lipinski definition) is 5. The van der Waals surface area contributed by atoms with Crippen molar-refractivity contribution in [3.8, 4) is 11.6 Å². The molecule has 19 heavy (non-hydrogen) atoms. The number of amides is 1. The summed E-state index contributed by atoms with van der Waals surface area (Å²) >= 11 is 0. The molecule has 1 heterocycles. The molecule has 6 nitrogen and oxygen atoms in total. The summed E-state index contributed by atoms with van der Waals surface area (Å²) in [7, 11) is 0. The number of ether oxygens (including phenoxy) is 1. The number of nitrogens with one attached hydrogen (secondary N) is 1. The smallest absolute Gasteiger partial charge is 0.271 e. The van der Waals surface area contributed by atoms with Gasteiger partial charge in [0.15, 0.2) is 5.69 Å². The molecule has 98 valence electrons. The molecule has 0 aliphatic carbocycles. The van der Waals surface area contributed by atoms with Crippen LogP contribution in [0.1, 0.15) is 17.4 Å². The highest BCUT2D eigenvalue weighted by molar-refractivity contribution is 5.91. The Morgan fingerprint density at radius 3 is 2.79 bits per heavy atom. The van der Waals surface area contributed by atoms with Crippen molar-refractivity contribution in [1.29, 1.82) is 0 Å². The maximum Gasteiger partial charge on any atom is 0.271 e. The van der Waals surface area contributed by atoms with Gasteiger partial charge in [0.1, 0.15) is 5.75 Å². The highest BCUT2D eigenvalue weighted by atomic mass is 16.5. The molecule has 0 unspecified atom stereocenters. The molecule has 0 fully saturated rings. The molecule has 1 aromatic heterocycles. The number of rotatable bonds is 4. The third-order valence-electron chi connectivity index (χ3n) is 2.29. The van der Waals surface area contributed by atoms with Gasteiger partial charge in [-0.2, -0.15) is 0 Å². The number of hydrogen-bond donors (Lipinski definition) is 2. The van der Waals surface area contributed by atoms with E-state index in [2.05, 4.69) is 15.5 Å². The Balaban J connectivity index is 2.08. The molecule has 0 spiro atoms. The van der Waals surface area contributed by atoms with Crippen LogP contribution in [0.15, 0.2) is 36.4 Å². The topological polar surface area (TPSA) is 90.1 Å². The van der Waals surface area contributed by atoms with Crippen LogP contribution in [0, 0.1) is 0 Å². The van der Waals surface area contributed by atoms with Crippen LogP contribution < -0.4 is 15.8 Å². The number of anilines is 1. The number of nitrogen functional groups attached to an aromatic ring is 1. The Kier molecular flexibility index (Phi) is 3.92. The van der Waals surface area contributed by atoms with Crippen molar-refractivity contribution in [3.05, 3.63) is 42.1 Å². The zero-order chi connectivity index (χ0) is 13.7. The van der Waals surface area contributed by atoms with E-state index < -0.39 is 0 Å². The second-order valence-electron chi connectivity index (χ2n) is 3.79. The van der Waals surface area contributed by atoms with E-state index in [1.54, 1.807) is 36.4 Å². The van der Waals surface area contributed by atoms with Crippen LogP contribution in [0.4, 0.5) is 5.69 Å². The lowest BCUT2D eigenvalue weighted by atomic mass is 10.3. The fourth-order valence-electron chi connectivity index (χ4n) is 1.45. The lowest BCUT2D eigenvalue weighted by molar-refractivity contribution is 0.0949. The molecule has 0 radical (unpaired) electrons. The van der Waals surface area contributed by atoms with Gasteiger partial charge in [0.2, 0.25) is 5.88 Å². The first kappa shape index (κ1) is 12.8. The predicted octanol–water partition coefficient (Wildman–Crippen LogP) is 1.60. The minimum Gasteiger partial charge on any atom is -0.437 e. The summed E-state index contributed by atoms with van der Waals surface area (Å²) in [6.07, 6.45) is 0. The van der Waals surface area contributed by atoms with Crippen LogP contribution in [-0.2, 0) is 0 Å². The molecule has 2 aromatic rings. The van der Waals surface area contributed by atoms with E-state index in [0.717, 1.165) is 0 Å². The number of nitrogens with zero attached hydrogens (tertiary/aromatic N) is 2. The van der Waals surface area contributed by atoms with Gasteiger partial charge in [-0.3, -0.25) is 4.79 Å². The average Bonchev–Trinajstić information content (AvgIpc) is 2.40. The largest absolute Gasteiger partial charge is 0.437 e. The highest BCUT2D eigenvalue weighted by Gasteiger charge is 2.07. The molecule has 3 N–H and O–H groups in total. The summed E-state index contributed by atoms with van der Waals surface area (Å²) in [4.78, 5) is 11.5. The standard InChI is InChI=1S/C13H14N4O2/c1-2-15-13(18)11-6-7-12(17-16-11)19-10-5-3-4-9(14)8-10/h3-8H,2,14H2,1H3,(H,15,18). The van der Waals surface area contributed by atoms with Crippen molar-refractivity contribution in [3.63, 3.8) is 0 Å². The van der Waals surface area contributed by atoms with Crippen molar-refractivity contribution >= 4 is 11.6 Å². The maximum atomic E-state index is 11.5. The Bertz CT molecular complexity index is 569. The summed E-state index contributed by atoms with van der Waals surface area (Å²) in [5.41, 5.74) is 6.49. The molecule has 0 aliphatic heterocycles. The van der Waals surface area contributed by atoms with E-state index in [4.69, 9.17) is 10.5 Å². The predicted molar refractivity (Wildman–Crippen MR) is 71.0 cm³/mol. The molecule has 1 amide bonds. The van der Waals surface area contributed by atoms with Crippen molar-refractivity contribution in [1.82, 2.24) is 15.5 Å². The van der Waals surface area contributed by atoms with E-state index in [1.165, 1.54) is 0 Å². The molecular weight excluding hydrogens is 244 g/mol. The minimum absolute atomic E-state index is 0.252. The Labute approximate surface area is 110 Å². The van der Waals surface area contributed by atoms with Crippen LogP contribution >= 0.6 is 0 Å². The fourth-order valence-corrected chi connectivity index (χ4v) is 1.45. The van der Waals surface area contributed by atoms with Gasteiger partial charge in [0, 0.05) is 24.4 Å². The fraction of sp³-hybridized carbons (Fsp3) is 0.154. The van der Waals surface area contributed by atoms with E-state index in [9.17, 15) is 4.79 Å². The molecule has 0 bridgehead atoms. The van der Waals surface area contributed by atoms with Crippen molar-refractivity contribution < 1.29 is 9.53 Å². The Morgan fingerprint density at radius 2 is 2.16 bits per heavy atom. The molecule has 6 heteroatoms. The first-order valence-electron chi connectivity index (χ1n) is 5.84. The van der Waals surface area contributed by atoms with E-state index in [-0.39, 0.29) is 11.6 Å². The van der Waals surface area contributed by atoms with Crippen LogP contribution in [0.2, 0.25) is 0 Å². The minimum atomic E-state index is -0.259. The second kappa shape index (κ2) is 5.81. The van der Waals surface area contributed by atoms with Gasteiger partial charge in [-0.15, -0.1) is 10.2 Å². The lowest BCUT2D eigenvalue weighted by Gasteiger charge is -2.05. The summed E-state index contributed by atoms with van der Waals surface area (Å²) in [5, 5.41) is 10.3. The zero-order valence-electron chi connectivity index (χ0n) is 10.5. The summed E-state index contributed by atoms with van der Waals surface area (Å²) in [6, 6.07) is 10.1. The van der Waals surface area contributed by atoms with Gasteiger partial charge in [-0.1, -0.05) is 6.07 Å². The summed E-state index contributed by atoms with van der Waals surface area (Å²) in [6.45, 7) is 2.38. The third-order valence-corrected chi connectivity index (χ3v) is 2.29. The quantitative estimate of drug-likeness (QED) is 0.813. The van der Waals surface area contributed by atoms with Crippen molar-refractivity contribution in [2.45, 2.75) is 6.92 Å². The van der Waals surface area contributed by atoms with E-state index in [0.29, 0.717) is 23.9 Å². The van der Waals surface area contributed by atoms with E-state index in [1.807, 2.05) is 6.92 Å². The van der Waals surface area contributed by atoms with Gasteiger partial charge in [0.25, 0.3) is 5.91 Å². The number of aromatic nitrogens is 2. The SMILES string of the molecule is CCNC(=O)c1ccc(Oc2cccc(N)c2)nn1. The average molecular weight is 258 g/mol. The highest BCUT2D eigenvalue weighted by Crippen LogP contribution is 2.20. The Hall–Kier alpha value is -2.63. The summed E-state index contributed by atoms with van der Waals surface area (Å²) in [5.74, 6) is 0.615. The van der Waals surface area contributed by atoms with Crippen LogP contribution in [-0.4, -0.2) is 22.6 Å². The van der Waals surface area contributed by atoms with E-state index >= 15 is 0 Å². The monoisotopic (exact) mass is 258 g/mol. The van der Waals surface area contributed by atoms with Gasteiger partial charge in [-0.25, -0.2) is 0 Å². The number of carbonyl (C=O) groups excluding carboxylic acids is 1. The Morgan fingerprint density at radius 1 is 1.32 bits per heavy atom. The molecular formula is C13H14N4O2. The van der Waals surface area contributed by atoms with Gasteiger partial charge >= 0.3 is 0 Å². The maximum absolute atomic E-state index is 11.5. The van der Waals surface area contributed by atoms with Crippen molar-refractivity contribution in [2.75, 3.05) is 12.3 Å². The number of benzene rings is 1. The van der Waals surface area contributed by atoms with Crippen LogP contribution in [0.3, 0.4) is 0 Å². The van der Waals surface area contributed by atoms with Crippen LogP contribution in [0.25, 0.3) is 0 Å². The third kappa shape index (κ3) is 3.41. The number of nitrogens with two attached hydrogens (primary N) is 1. The molecule has 0 saturated heterocycles. The van der Waals surface area contributed by atoms with Gasteiger partial charge in [-0.05, 0) is 25.1 Å². The molecule has 0 saturated carbocycles. The summed E-state index contributed by atoms with van der Waals surface area (Å²) < 4.78 is 5.47. The first-order chi connectivity index (χ1) is 9.19. The normalized spacial score (nSPS) is 9.95. The molecule has 1 aromatic carbocycles. The second-order valence-corrected chi connectivity index (χ2v) is 3.79.